The molecule has 0 saturated carbocycles. The van der Waals surface area contributed by atoms with E-state index < -0.39 is 0 Å². The number of anilines is 1. The summed E-state index contributed by atoms with van der Waals surface area (Å²) in [6.45, 7) is 1.07. The topological polar surface area (TPSA) is 93.0 Å². The molecular weight excluding hydrogens is 148 g/mol. The largest absolute Gasteiger partial charge is 0.383 e. The minimum Gasteiger partial charge on any atom is -0.383 e. The summed E-state index contributed by atoms with van der Waals surface area (Å²) in [6.07, 6.45) is 0. The van der Waals surface area contributed by atoms with E-state index in [1.807, 2.05) is 0 Å². The first-order chi connectivity index (χ1) is 5.34. The lowest BCUT2D eigenvalue weighted by atomic mass is 10.6. The maximum absolute atomic E-state index is 5.49. The van der Waals surface area contributed by atoms with Crippen LogP contribution in [0.1, 0.15) is 0 Å². The Morgan fingerprint density at radius 1 is 1.73 bits per heavy atom. The Morgan fingerprint density at radius 3 is 3.09 bits per heavy atom. The van der Waals surface area contributed by atoms with Gasteiger partial charge in [-0.3, -0.25) is 5.01 Å². The number of hydrogen-bond donors (Lipinski definition) is 2. The summed E-state index contributed by atoms with van der Waals surface area (Å²) in [7, 11) is 1.60. The van der Waals surface area contributed by atoms with Crippen molar-refractivity contribution in [1.29, 1.82) is 0 Å². The first kappa shape index (κ1) is 7.89. The highest BCUT2D eigenvalue weighted by Gasteiger charge is 2.03. The maximum Gasteiger partial charge on any atom is 0.279 e. The van der Waals surface area contributed by atoms with E-state index in [0.717, 1.165) is 0 Å². The number of H-pyrrole nitrogens is 1. The van der Waals surface area contributed by atoms with Crippen LogP contribution in [0.4, 0.5) is 5.95 Å². The number of aromatic nitrogens is 4. The highest BCUT2D eigenvalue weighted by Crippen LogP contribution is 1.94. The predicted molar refractivity (Wildman–Crippen MR) is 37.6 cm³/mol. The van der Waals surface area contributed by atoms with Gasteiger partial charge in [0.05, 0.1) is 13.2 Å². The van der Waals surface area contributed by atoms with E-state index in [2.05, 4.69) is 20.6 Å². The van der Waals surface area contributed by atoms with Gasteiger partial charge in [0.15, 0.2) is 0 Å². The fourth-order valence-electron chi connectivity index (χ4n) is 0.568. The van der Waals surface area contributed by atoms with Gasteiger partial charge in [0.1, 0.15) is 0 Å². The molecule has 0 radical (unpaired) electrons. The number of hydrogen-bond acceptors (Lipinski definition) is 6. The third kappa shape index (κ3) is 2.13. The third-order valence-electron chi connectivity index (χ3n) is 1.13. The van der Waals surface area contributed by atoms with Crippen LogP contribution in [0.2, 0.25) is 0 Å². The lowest BCUT2D eigenvalue weighted by Gasteiger charge is -2.11. The molecule has 0 atom stereocenters. The van der Waals surface area contributed by atoms with Crippen LogP contribution in [0.5, 0.6) is 0 Å². The Morgan fingerprint density at radius 2 is 2.55 bits per heavy atom. The number of nitrogens with zero attached hydrogens (tertiary/aromatic N) is 4. The lowest BCUT2D eigenvalue weighted by molar-refractivity contribution is 0.205. The molecule has 0 spiro atoms. The van der Waals surface area contributed by atoms with Crippen LogP contribution in [-0.4, -0.2) is 40.9 Å². The van der Waals surface area contributed by atoms with Gasteiger partial charge in [0.2, 0.25) is 0 Å². The number of nitrogens with two attached hydrogens (primary N) is 1. The van der Waals surface area contributed by atoms with Crippen LogP contribution in [-0.2, 0) is 4.74 Å². The normalized spacial score (nSPS) is 10.0. The predicted octanol–water partition coefficient (Wildman–Crippen LogP) is -1.47. The van der Waals surface area contributed by atoms with E-state index in [1.165, 1.54) is 5.01 Å². The molecule has 0 aromatic carbocycles. The highest BCUT2D eigenvalue weighted by molar-refractivity contribution is 5.21. The zero-order chi connectivity index (χ0) is 8.10. The monoisotopic (exact) mass is 158 g/mol. The number of nitrogens with one attached hydrogen (secondary N) is 1. The minimum atomic E-state index is 0.363. The smallest absolute Gasteiger partial charge is 0.279 e. The molecule has 0 bridgehead atoms. The molecule has 0 aliphatic rings. The lowest BCUT2D eigenvalue weighted by Crippen LogP contribution is -2.34. The van der Waals surface area contributed by atoms with Crippen molar-refractivity contribution in [2.24, 2.45) is 5.84 Å². The molecule has 1 heterocycles. The van der Waals surface area contributed by atoms with Crippen molar-refractivity contribution in [2.75, 3.05) is 25.3 Å². The average Bonchev–Trinajstić information content (AvgIpc) is 2.52. The molecule has 0 saturated heterocycles. The van der Waals surface area contributed by atoms with Gasteiger partial charge in [-0.2, -0.15) is 5.21 Å². The molecule has 11 heavy (non-hydrogen) atoms. The second-order valence-corrected chi connectivity index (χ2v) is 1.90. The van der Waals surface area contributed by atoms with Gasteiger partial charge in [-0.1, -0.05) is 5.10 Å². The molecule has 1 aromatic rings. The number of methoxy groups -OCH3 is 1. The van der Waals surface area contributed by atoms with Crippen molar-refractivity contribution >= 4 is 5.95 Å². The summed E-state index contributed by atoms with van der Waals surface area (Å²) < 4.78 is 4.80. The fourth-order valence-corrected chi connectivity index (χ4v) is 0.568. The zero-order valence-electron chi connectivity index (χ0n) is 6.19. The van der Waals surface area contributed by atoms with Crippen LogP contribution in [0.3, 0.4) is 0 Å². The summed E-state index contributed by atoms with van der Waals surface area (Å²) in [6, 6.07) is 0. The Labute approximate surface area is 63.5 Å². The summed E-state index contributed by atoms with van der Waals surface area (Å²) in [4.78, 5) is 0. The quantitative estimate of drug-likeness (QED) is 0.410. The maximum atomic E-state index is 5.49. The standard InChI is InChI=1S/C4H10N6O/c1-11-3-2-10(5)4-6-8-9-7-4/h2-3,5H2,1H3,(H,6,7,8,9). The second-order valence-electron chi connectivity index (χ2n) is 1.90. The van der Waals surface area contributed by atoms with Crippen LogP contribution < -0.4 is 10.9 Å². The molecule has 7 heteroatoms. The van der Waals surface area contributed by atoms with E-state index in [1.54, 1.807) is 7.11 Å². The molecule has 7 nitrogen and oxygen atoms in total. The Kier molecular flexibility index (Phi) is 2.75. The summed E-state index contributed by atoms with van der Waals surface area (Å²) in [5, 5.41) is 14.3. The molecule has 0 fully saturated rings. The van der Waals surface area contributed by atoms with Crippen LogP contribution in [0.25, 0.3) is 0 Å². The minimum absolute atomic E-state index is 0.363. The van der Waals surface area contributed by atoms with E-state index in [-0.39, 0.29) is 0 Å². The molecule has 3 N–H and O–H groups in total. The molecule has 62 valence electrons. The summed E-state index contributed by atoms with van der Waals surface area (Å²) in [5.74, 6) is 5.86. The average molecular weight is 158 g/mol. The Balaban J connectivity index is 2.36. The number of aromatic amines is 1. The van der Waals surface area contributed by atoms with E-state index in [9.17, 15) is 0 Å². The van der Waals surface area contributed by atoms with Gasteiger partial charge in [0.25, 0.3) is 5.95 Å². The van der Waals surface area contributed by atoms with Crippen molar-refractivity contribution in [3.63, 3.8) is 0 Å². The van der Waals surface area contributed by atoms with Crippen molar-refractivity contribution < 1.29 is 4.74 Å². The zero-order valence-corrected chi connectivity index (χ0v) is 6.19. The van der Waals surface area contributed by atoms with Crippen molar-refractivity contribution in [3.8, 4) is 0 Å². The third-order valence-corrected chi connectivity index (χ3v) is 1.13. The number of ether oxygens (including phenoxy) is 1. The van der Waals surface area contributed by atoms with Crippen molar-refractivity contribution in [3.05, 3.63) is 0 Å². The van der Waals surface area contributed by atoms with E-state index in [4.69, 9.17) is 10.6 Å². The molecule has 1 rings (SSSR count). The number of hydrazine groups is 1. The van der Waals surface area contributed by atoms with Crippen LogP contribution in [0.15, 0.2) is 0 Å². The Hall–Kier alpha value is -1.21. The van der Waals surface area contributed by atoms with Gasteiger partial charge in [-0.05, 0) is 5.21 Å². The number of tetrazole rings is 1. The summed E-state index contributed by atoms with van der Waals surface area (Å²) >= 11 is 0. The first-order valence-electron chi connectivity index (χ1n) is 3.09. The van der Waals surface area contributed by atoms with Crippen molar-refractivity contribution in [1.82, 2.24) is 20.6 Å². The van der Waals surface area contributed by atoms with E-state index >= 15 is 0 Å². The molecule has 0 amide bonds. The fraction of sp³-hybridized carbons (Fsp3) is 0.750. The molecule has 1 aromatic heterocycles. The van der Waals surface area contributed by atoms with Gasteiger partial charge in [-0.15, -0.1) is 5.10 Å². The van der Waals surface area contributed by atoms with Crippen LogP contribution in [0, 0.1) is 0 Å². The Bertz CT molecular complexity index is 186. The van der Waals surface area contributed by atoms with Crippen molar-refractivity contribution in [2.45, 2.75) is 0 Å². The van der Waals surface area contributed by atoms with Gasteiger partial charge in [-0.25, -0.2) is 5.84 Å². The van der Waals surface area contributed by atoms with Crippen LogP contribution >= 0.6 is 0 Å². The van der Waals surface area contributed by atoms with Gasteiger partial charge >= 0.3 is 0 Å². The summed E-state index contributed by atoms with van der Waals surface area (Å²) in [5.41, 5.74) is 0. The molecule has 0 unspecified atom stereocenters. The SMILES string of the molecule is COCCN(N)c1nn[nH]n1. The van der Waals surface area contributed by atoms with E-state index in [0.29, 0.717) is 19.1 Å². The second kappa shape index (κ2) is 3.84. The van der Waals surface area contributed by atoms with Gasteiger partial charge in [0, 0.05) is 7.11 Å². The first-order valence-corrected chi connectivity index (χ1v) is 3.09. The van der Waals surface area contributed by atoms with Gasteiger partial charge < -0.3 is 4.74 Å². The number of rotatable bonds is 4. The molecule has 0 aliphatic carbocycles. The highest BCUT2D eigenvalue weighted by atomic mass is 16.5. The molecular formula is C4H10N6O. The molecule has 0 aliphatic heterocycles.